The lowest BCUT2D eigenvalue weighted by Crippen LogP contribution is -2.41. The molecule has 0 saturated carbocycles. The molecule has 4 heteroatoms. The fourth-order valence-corrected chi connectivity index (χ4v) is 3.60. The molecular weight excluding hydrogens is 288 g/mol. The number of carboxylic acid groups (broad SMARTS) is 1. The first-order valence-corrected chi connectivity index (χ1v) is 7.79. The van der Waals surface area contributed by atoms with E-state index in [-0.39, 0.29) is 12.1 Å². The zero-order chi connectivity index (χ0) is 15.8. The van der Waals surface area contributed by atoms with Crippen LogP contribution in [0, 0.1) is 11.8 Å². The fraction of sp³-hybridized carbons (Fsp3) is 0.263. The molecule has 0 spiro atoms. The maximum atomic E-state index is 11.5. The smallest absolute Gasteiger partial charge is 0.408 e. The summed E-state index contributed by atoms with van der Waals surface area (Å²) in [6, 6.07) is 11.8. The minimum absolute atomic E-state index is 0.0628. The number of rotatable bonds is 0. The van der Waals surface area contributed by atoms with Crippen molar-refractivity contribution in [2.45, 2.75) is 31.3 Å². The fourth-order valence-electron chi connectivity index (χ4n) is 3.60. The first kappa shape index (κ1) is 13.8. The minimum Gasteiger partial charge on any atom is -0.465 e. The maximum absolute atomic E-state index is 11.5. The van der Waals surface area contributed by atoms with Gasteiger partial charge in [0, 0.05) is 35.5 Å². The van der Waals surface area contributed by atoms with Crippen LogP contribution in [0.5, 0.6) is 0 Å². The van der Waals surface area contributed by atoms with E-state index in [9.17, 15) is 9.90 Å². The molecule has 2 atom stereocenters. The van der Waals surface area contributed by atoms with Gasteiger partial charge < -0.3 is 5.11 Å². The number of nitrogens with zero attached hydrogens (tertiary/aromatic N) is 2. The van der Waals surface area contributed by atoms with Gasteiger partial charge in [0.25, 0.3) is 0 Å². The van der Waals surface area contributed by atoms with Crippen LogP contribution in [0.1, 0.15) is 41.3 Å². The Morgan fingerprint density at radius 1 is 1.17 bits per heavy atom. The van der Waals surface area contributed by atoms with Crippen molar-refractivity contribution in [1.82, 2.24) is 9.88 Å². The van der Waals surface area contributed by atoms with E-state index < -0.39 is 6.09 Å². The lowest BCUT2D eigenvalue weighted by Gasteiger charge is -2.33. The zero-order valence-corrected chi connectivity index (χ0v) is 12.6. The molecule has 23 heavy (non-hydrogen) atoms. The standard InChI is InChI=1S/C19H16N2O2/c22-19(23)21-15-8-9-18(21)16-10-14(12-20-17(16)11-15)7-6-13-4-2-1-3-5-13/h1-5,10,12,15,18H,8-9,11H2,(H,22,23). The Balaban J connectivity index is 1.68. The monoisotopic (exact) mass is 304 g/mol. The molecule has 114 valence electrons. The predicted molar refractivity (Wildman–Crippen MR) is 86.0 cm³/mol. The number of carbonyl (C=O) groups is 1. The average molecular weight is 304 g/mol. The van der Waals surface area contributed by atoms with Crippen molar-refractivity contribution in [3.8, 4) is 11.8 Å². The molecule has 2 aliphatic heterocycles. The van der Waals surface area contributed by atoms with Gasteiger partial charge in [-0.2, -0.15) is 0 Å². The quantitative estimate of drug-likeness (QED) is 0.760. The van der Waals surface area contributed by atoms with Crippen molar-refractivity contribution in [3.63, 3.8) is 0 Å². The van der Waals surface area contributed by atoms with Crippen molar-refractivity contribution in [2.75, 3.05) is 0 Å². The van der Waals surface area contributed by atoms with Gasteiger partial charge in [-0.1, -0.05) is 30.0 Å². The number of aromatic nitrogens is 1. The van der Waals surface area contributed by atoms with Gasteiger partial charge >= 0.3 is 6.09 Å². The molecule has 0 aliphatic carbocycles. The summed E-state index contributed by atoms with van der Waals surface area (Å²) in [5.41, 5.74) is 3.85. The third-order valence-electron chi connectivity index (χ3n) is 4.64. The predicted octanol–water partition coefficient (Wildman–Crippen LogP) is 3.22. The summed E-state index contributed by atoms with van der Waals surface area (Å²) < 4.78 is 0. The SMILES string of the molecule is O=C(O)N1C2CCC1c1cc(C#Cc3ccccc3)cnc1C2. The van der Waals surface area contributed by atoms with Crippen LogP contribution >= 0.6 is 0 Å². The van der Waals surface area contributed by atoms with Gasteiger partial charge in [-0.3, -0.25) is 9.88 Å². The van der Waals surface area contributed by atoms with Crippen LogP contribution in [-0.2, 0) is 6.42 Å². The molecule has 4 rings (SSSR count). The minimum atomic E-state index is -0.830. The molecule has 1 N–H and O–H groups in total. The molecule has 1 saturated heterocycles. The van der Waals surface area contributed by atoms with Crippen molar-refractivity contribution < 1.29 is 9.90 Å². The van der Waals surface area contributed by atoms with Gasteiger partial charge in [0.2, 0.25) is 0 Å². The van der Waals surface area contributed by atoms with Crippen LogP contribution in [0.3, 0.4) is 0 Å². The summed E-state index contributed by atoms with van der Waals surface area (Å²) in [4.78, 5) is 17.6. The molecule has 3 heterocycles. The molecule has 1 aromatic carbocycles. The lowest BCUT2D eigenvalue weighted by molar-refractivity contribution is 0.116. The number of benzene rings is 1. The summed E-state index contributed by atoms with van der Waals surface area (Å²) in [5.74, 6) is 6.26. The molecule has 2 aromatic rings. The Morgan fingerprint density at radius 3 is 2.74 bits per heavy atom. The highest BCUT2D eigenvalue weighted by atomic mass is 16.4. The van der Waals surface area contributed by atoms with E-state index in [0.717, 1.165) is 35.2 Å². The van der Waals surface area contributed by atoms with Crippen molar-refractivity contribution >= 4 is 6.09 Å². The lowest BCUT2D eigenvalue weighted by atomic mass is 9.97. The van der Waals surface area contributed by atoms with E-state index in [1.165, 1.54) is 0 Å². The molecule has 1 amide bonds. The van der Waals surface area contributed by atoms with Crippen LogP contribution in [-0.4, -0.2) is 27.1 Å². The highest BCUT2D eigenvalue weighted by Crippen LogP contribution is 2.43. The van der Waals surface area contributed by atoms with E-state index in [1.54, 1.807) is 11.1 Å². The molecule has 2 unspecified atom stereocenters. The van der Waals surface area contributed by atoms with Crippen LogP contribution in [0.15, 0.2) is 42.6 Å². The van der Waals surface area contributed by atoms with Crippen LogP contribution in [0.2, 0.25) is 0 Å². The third kappa shape index (κ3) is 2.44. The summed E-state index contributed by atoms with van der Waals surface area (Å²) in [6.45, 7) is 0. The number of hydrogen-bond donors (Lipinski definition) is 1. The maximum Gasteiger partial charge on any atom is 0.408 e. The number of amides is 1. The summed E-state index contributed by atoms with van der Waals surface area (Å²) in [5, 5.41) is 9.44. The number of fused-ring (bicyclic) bond motifs is 4. The van der Waals surface area contributed by atoms with Crippen LogP contribution in [0.4, 0.5) is 4.79 Å². The number of hydrogen-bond acceptors (Lipinski definition) is 2. The number of pyridine rings is 1. The summed E-state index contributed by atoms with van der Waals surface area (Å²) in [6.07, 6.45) is 3.47. The van der Waals surface area contributed by atoms with Gasteiger partial charge in [0.05, 0.1) is 6.04 Å². The molecule has 0 radical (unpaired) electrons. The highest BCUT2D eigenvalue weighted by Gasteiger charge is 2.43. The van der Waals surface area contributed by atoms with Gasteiger partial charge in [-0.15, -0.1) is 0 Å². The van der Waals surface area contributed by atoms with Gasteiger partial charge in [0.15, 0.2) is 0 Å². The molecule has 2 aliphatic rings. The van der Waals surface area contributed by atoms with Gasteiger partial charge in [-0.05, 0) is 36.6 Å². The van der Waals surface area contributed by atoms with E-state index in [0.29, 0.717) is 6.42 Å². The van der Waals surface area contributed by atoms with Crippen molar-refractivity contribution in [3.05, 3.63) is 65.0 Å². The average Bonchev–Trinajstić information content (AvgIpc) is 2.90. The summed E-state index contributed by atoms with van der Waals surface area (Å²) in [7, 11) is 0. The Morgan fingerprint density at radius 2 is 1.96 bits per heavy atom. The van der Waals surface area contributed by atoms with Crippen molar-refractivity contribution in [2.24, 2.45) is 0 Å². The van der Waals surface area contributed by atoms with Gasteiger partial charge in [0.1, 0.15) is 0 Å². The Bertz CT molecular complexity index is 820. The molecule has 1 aromatic heterocycles. The first-order valence-electron chi connectivity index (χ1n) is 7.79. The summed E-state index contributed by atoms with van der Waals surface area (Å²) >= 11 is 0. The molecule has 2 bridgehead atoms. The van der Waals surface area contributed by atoms with E-state index in [1.807, 2.05) is 36.4 Å². The van der Waals surface area contributed by atoms with Crippen LogP contribution < -0.4 is 0 Å². The van der Waals surface area contributed by atoms with Gasteiger partial charge in [-0.25, -0.2) is 4.79 Å². The Kier molecular flexibility index (Phi) is 3.27. The normalized spacial score (nSPS) is 21.3. The Hall–Kier alpha value is -2.80. The molecule has 1 fully saturated rings. The second-order valence-corrected chi connectivity index (χ2v) is 6.02. The second-order valence-electron chi connectivity index (χ2n) is 6.02. The topological polar surface area (TPSA) is 53.4 Å². The molecule has 4 nitrogen and oxygen atoms in total. The van der Waals surface area contributed by atoms with Crippen LogP contribution in [0.25, 0.3) is 0 Å². The third-order valence-corrected chi connectivity index (χ3v) is 4.64. The van der Waals surface area contributed by atoms with E-state index in [4.69, 9.17) is 0 Å². The zero-order valence-electron chi connectivity index (χ0n) is 12.6. The second kappa shape index (κ2) is 5.44. The highest BCUT2D eigenvalue weighted by molar-refractivity contribution is 5.68. The van der Waals surface area contributed by atoms with E-state index >= 15 is 0 Å². The van der Waals surface area contributed by atoms with E-state index in [2.05, 4.69) is 16.8 Å². The first-order chi connectivity index (χ1) is 11.2. The molecular formula is C19H16N2O2. The Labute approximate surface area is 134 Å². The largest absolute Gasteiger partial charge is 0.465 e. The van der Waals surface area contributed by atoms with Crippen molar-refractivity contribution in [1.29, 1.82) is 0 Å².